The molecule has 4 aromatic rings. The molecule has 4 aromatic carbocycles. The van der Waals surface area contributed by atoms with Crippen molar-refractivity contribution in [1.82, 2.24) is 14.5 Å². The Balaban J connectivity index is 1.21. The first kappa shape index (κ1) is 26.8. The third kappa shape index (κ3) is 6.28. The molecule has 1 saturated heterocycles. The van der Waals surface area contributed by atoms with Crippen molar-refractivity contribution in [3.05, 3.63) is 137 Å². The quantitative estimate of drug-likeness (QED) is 0.341. The summed E-state index contributed by atoms with van der Waals surface area (Å²) in [6, 6.07) is 34.2. The first-order valence-electron chi connectivity index (χ1n) is 13.2. The molecule has 1 aliphatic rings. The van der Waals surface area contributed by atoms with E-state index in [0.717, 1.165) is 22.3 Å². The summed E-state index contributed by atoms with van der Waals surface area (Å²) >= 11 is 0. The molecule has 1 aliphatic heterocycles. The molecule has 0 unspecified atom stereocenters. The van der Waals surface area contributed by atoms with Gasteiger partial charge in [0, 0.05) is 38.3 Å². The Kier molecular flexibility index (Phi) is 8.21. The lowest BCUT2D eigenvalue weighted by atomic mass is 9.94. The van der Waals surface area contributed by atoms with Gasteiger partial charge >= 0.3 is 0 Å². The standard InChI is InChI=1S/C32H33N3O3S/c1-25-10-8-9-15-30(25)31(27-11-4-2-5-12-27)33-32(36)28-18-16-26(17-19-28)24-34-20-22-35(23-21-34)39(37,38)29-13-6-3-7-14-29/h2-19,31H,20-24H2,1H3,(H,33,36)/t31-/m1/s1. The predicted octanol–water partition coefficient (Wildman–Crippen LogP) is 5.02. The highest BCUT2D eigenvalue weighted by Crippen LogP contribution is 2.25. The van der Waals surface area contributed by atoms with Gasteiger partial charge in [0.1, 0.15) is 0 Å². The average molecular weight is 540 g/mol. The fraction of sp³-hybridized carbons (Fsp3) is 0.219. The summed E-state index contributed by atoms with van der Waals surface area (Å²) in [5.41, 5.74) is 4.92. The Hall–Kier alpha value is -3.78. The summed E-state index contributed by atoms with van der Waals surface area (Å²) in [4.78, 5) is 15.9. The minimum atomic E-state index is -3.46. The molecule has 6 nitrogen and oxygen atoms in total. The maximum atomic E-state index is 13.3. The lowest BCUT2D eigenvalue weighted by Crippen LogP contribution is -2.48. The number of hydrogen-bond donors (Lipinski definition) is 1. The van der Waals surface area contributed by atoms with Gasteiger partial charge in [-0.1, -0.05) is 84.9 Å². The number of sulfonamides is 1. The summed E-state index contributed by atoms with van der Waals surface area (Å²) < 4.78 is 27.4. The molecule has 0 saturated carbocycles. The normalized spacial score (nSPS) is 15.5. The van der Waals surface area contributed by atoms with Gasteiger partial charge < -0.3 is 5.32 Å². The van der Waals surface area contributed by atoms with Crippen LogP contribution in [0.1, 0.15) is 38.7 Å². The first-order chi connectivity index (χ1) is 18.9. The van der Waals surface area contributed by atoms with Gasteiger partial charge in [-0.2, -0.15) is 4.31 Å². The predicted molar refractivity (Wildman–Crippen MR) is 154 cm³/mol. The molecule has 0 spiro atoms. The first-order valence-corrected chi connectivity index (χ1v) is 14.6. The third-order valence-electron chi connectivity index (χ3n) is 7.24. The zero-order valence-electron chi connectivity index (χ0n) is 22.0. The molecule has 5 rings (SSSR count). The summed E-state index contributed by atoms with van der Waals surface area (Å²) in [6.07, 6.45) is 0. The molecule has 0 bridgehead atoms. The summed E-state index contributed by atoms with van der Waals surface area (Å²) in [6.45, 7) is 4.99. The lowest BCUT2D eigenvalue weighted by molar-refractivity contribution is 0.0943. The summed E-state index contributed by atoms with van der Waals surface area (Å²) in [5.74, 6) is -0.126. The van der Waals surface area contributed by atoms with Crippen LogP contribution < -0.4 is 5.32 Å². The number of piperazine rings is 1. The zero-order chi connectivity index (χ0) is 27.2. The molecule has 0 radical (unpaired) electrons. The van der Waals surface area contributed by atoms with Crippen LogP contribution in [0.2, 0.25) is 0 Å². The Bertz CT molecular complexity index is 1500. The van der Waals surface area contributed by atoms with Crippen LogP contribution in [0.4, 0.5) is 0 Å². The Morgan fingerprint density at radius 2 is 1.36 bits per heavy atom. The van der Waals surface area contributed by atoms with Gasteiger partial charge in [-0.3, -0.25) is 9.69 Å². The minimum absolute atomic E-state index is 0.126. The number of amides is 1. The molecule has 1 fully saturated rings. The van der Waals surface area contributed by atoms with Gasteiger partial charge in [-0.15, -0.1) is 0 Å². The van der Waals surface area contributed by atoms with Crippen LogP contribution in [0.25, 0.3) is 0 Å². The van der Waals surface area contributed by atoms with Crippen molar-refractivity contribution in [2.24, 2.45) is 0 Å². The minimum Gasteiger partial charge on any atom is -0.341 e. The molecule has 1 amide bonds. The summed E-state index contributed by atoms with van der Waals surface area (Å²) in [5, 5.41) is 3.23. The van der Waals surface area contributed by atoms with Crippen LogP contribution in [0.5, 0.6) is 0 Å². The van der Waals surface area contributed by atoms with Crippen LogP contribution in [0, 0.1) is 6.92 Å². The van der Waals surface area contributed by atoms with Crippen LogP contribution in [-0.2, 0) is 16.6 Å². The highest BCUT2D eigenvalue weighted by Gasteiger charge is 2.28. The maximum Gasteiger partial charge on any atom is 0.252 e. The topological polar surface area (TPSA) is 69.7 Å². The van der Waals surface area contributed by atoms with Crippen molar-refractivity contribution in [2.75, 3.05) is 26.2 Å². The van der Waals surface area contributed by atoms with E-state index < -0.39 is 10.0 Å². The Morgan fingerprint density at radius 3 is 2.00 bits per heavy atom. The summed E-state index contributed by atoms with van der Waals surface area (Å²) in [7, 11) is -3.46. The van der Waals surface area contributed by atoms with Crippen LogP contribution >= 0.6 is 0 Å². The molecule has 200 valence electrons. The largest absolute Gasteiger partial charge is 0.341 e. The molecule has 39 heavy (non-hydrogen) atoms. The molecular weight excluding hydrogens is 506 g/mol. The highest BCUT2D eigenvalue weighted by molar-refractivity contribution is 7.89. The number of aryl methyl sites for hydroxylation is 1. The zero-order valence-corrected chi connectivity index (χ0v) is 22.8. The number of nitrogens with zero attached hydrogens (tertiary/aromatic N) is 2. The van der Waals surface area contributed by atoms with Gasteiger partial charge in [0.15, 0.2) is 0 Å². The molecule has 1 atom stereocenters. The Morgan fingerprint density at radius 1 is 0.769 bits per heavy atom. The van der Waals surface area contributed by atoms with Gasteiger partial charge in [0.2, 0.25) is 10.0 Å². The molecule has 0 aromatic heterocycles. The van der Waals surface area contributed by atoms with E-state index in [0.29, 0.717) is 43.2 Å². The van der Waals surface area contributed by atoms with E-state index in [9.17, 15) is 13.2 Å². The van der Waals surface area contributed by atoms with Crippen molar-refractivity contribution < 1.29 is 13.2 Å². The molecule has 1 heterocycles. The maximum absolute atomic E-state index is 13.3. The van der Waals surface area contributed by atoms with Gasteiger partial charge in [0.25, 0.3) is 5.91 Å². The number of nitrogens with one attached hydrogen (secondary N) is 1. The van der Waals surface area contributed by atoms with Crippen molar-refractivity contribution >= 4 is 15.9 Å². The number of carbonyl (C=O) groups excluding carboxylic acids is 1. The second-order valence-electron chi connectivity index (χ2n) is 9.86. The van der Waals surface area contributed by atoms with Crippen molar-refractivity contribution in [3.63, 3.8) is 0 Å². The Labute approximate surface area is 231 Å². The number of benzene rings is 4. The van der Waals surface area contributed by atoms with Crippen LogP contribution in [-0.4, -0.2) is 49.7 Å². The van der Waals surface area contributed by atoms with E-state index in [1.165, 1.54) is 0 Å². The van der Waals surface area contributed by atoms with Gasteiger partial charge in [-0.05, 0) is 53.4 Å². The molecule has 1 N–H and O–H groups in total. The van der Waals surface area contributed by atoms with Crippen molar-refractivity contribution in [1.29, 1.82) is 0 Å². The SMILES string of the molecule is Cc1ccccc1[C@H](NC(=O)c1ccc(CN2CCN(S(=O)(=O)c3ccccc3)CC2)cc1)c1ccccc1. The van der Waals surface area contributed by atoms with Crippen LogP contribution in [0.15, 0.2) is 114 Å². The van der Waals surface area contributed by atoms with Gasteiger partial charge in [-0.25, -0.2) is 8.42 Å². The van der Waals surface area contributed by atoms with E-state index in [2.05, 4.69) is 29.3 Å². The molecule has 7 heteroatoms. The fourth-order valence-electron chi connectivity index (χ4n) is 5.00. The monoisotopic (exact) mass is 539 g/mol. The van der Waals surface area contributed by atoms with Crippen molar-refractivity contribution in [3.8, 4) is 0 Å². The number of carbonyl (C=O) groups is 1. The number of hydrogen-bond acceptors (Lipinski definition) is 4. The van der Waals surface area contributed by atoms with E-state index >= 15 is 0 Å². The van der Waals surface area contributed by atoms with E-state index in [-0.39, 0.29) is 11.9 Å². The number of rotatable bonds is 8. The average Bonchev–Trinajstić information content (AvgIpc) is 2.98. The van der Waals surface area contributed by atoms with E-state index in [1.807, 2.05) is 72.8 Å². The van der Waals surface area contributed by atoms with Gasteiger partial charge in [0.05, 0.1) is 10.9 Å². The third-order valence-corrected chi connectivity index (χ3v) is 9.16. The van der Waals surface area contributed by atoms with E-state index in [1.54, 1.807) is 28.6 Å². The van der Waals surface area contributed by atoms with Crippen LogP contribution in [0.3, 0.4) is 0 Å². The fourth-order valence-corrected chi connectivity index (χ4v) is 6.44. The molecule has 0 aliphatic carbocycles. The second-order valence-corrected chi connectivity index (χ2v) is 11.8. The second kappa shape index (κ2) is 11.9. The van der Waals surface area contributed by atoms with E-state index in [4.69, 9.17) is 0 Å². The smallest absolute Gasteiger partial charge is 0.252 e. The van der Waals surface area contributed by atoms with Crippen molar-refractivity contribution in [2.45, 2.75) is 24.4 Å². The highest BCUT2D eigenvalue weighted by atomic mass is 32.2. The lowest BCUT2D eigenvalue weighted by Gasteiger charge is -2.34. The molecular formula is C32H33N3O3S.